The number of ether oxygens (including phenoxy) is 2. The highest BCUT2D eigenvalue weighted by molar-refractivity contribution is 6.04. The van der Waals surface area contributed by atoms with Crippen molar-refractivity contribution in [3.8, 4) is 11.5 Å². The molecule has 0 fully saturated rings. The van der Waals surface area contributed by atoms with Crippen molar-refractivity contribution in [2.75, 3.05) is 19.5 Å². The number of hydrogen-bond acceptors (Lipinski definition) is 5. The first-order chi connectivity index (χ1) is 19.4. The number of methoxy groups -OCH3 is 2. The molecule has 5 aromatic rings. The molecule has 1 N–H and O–H groups in total. The number of fused-ring (bicyclic) bond motifs is 1. The van der Waals surface area contributed by atoms with Crippen LogP contribution in [0.15, 0.2) is 101 Å². The van der Waals surface area contributed by atoms with Crippen molar-refractivity contribution < 1.29 is 18.7 Å². The zero-order valence-electron chi connectivity index (χ0n) is 21.9. The second-order valence-electron chi connectivity index (χ2n) is 9.13. The second kappa shape index (κ2) is 11.3. The molecule has 0 bridgehead atoms. The molecule has 0 radical (unpaired) electrons. The number of aromatic nitrogens is 2. The van der Waals surface area contributed by atoms with Gasteiger partial charge in [0.05, 0.1) is 38.2 Å². The fraction of sp³-hybridized carbons (Fsp3) is 0.129. The number of para-hydroxylation sites is 1. The predicted octanol–water partition coefficient (Wildman–Crippen LogP) is 4.67. The van der Waals surface area contributed by atoms with Crippen LogP contribution in [0.2, 0.25) is 0 Å². The van der Waals surface area contributed by atoms with Gasteiger partial charge in [0.1, 0.15) is 5.82 Å². The SMILES string of the molecule is COc1cc2c(=O)n(Cc3ccc(C(=O)Nc4ccccc4)cc3)c(=O)n(Cc3cccc(F)c3)c2cc1OC. The zero-order valence-corrected chi connectivity index (χ0v) is 21.9. The summed E-state index contributed by atoms with van der Waals surface area (Å²) in [6.07, 6.45) is 0. The number of amides is 1. The van der Waals surface area contributed by atoms with Gasteiger partial charge in [0.2, 0.25) is 0 Å². The molecule has 0 aliphatic carbocycles. The molecule has 1 heterocycles. The zero-order chi connectivity index (χ0) is 28.2. The minimum Gasteiger partial charge on any atom is -0.493 e. The van der Waals surface area contributed by atoms with Crippen LogP contribution in [-0.2, 0) is 13.1 Å². The lowest BCUT2D eigenvalue weighted by Crippen LogP contribution is -2.40. The van der Waals surface area contributed by atoms with Gasteiger partial charge in [-0.05, 0) is 53.6 Å². The summed E-state index contributed by atoms with van der Waals surface area (Å²) in [5.41, 5.74) is 1.55. The Morgan fingerprint density at radius 1 is 0.775 bits per heavy atom. The van der Waals surface area contributed by atoms with Gasteiger partial charge in [0, 0.05) is 17.3 Å². The number of benzene rings is 4. The molecule has 0 saturated heterocycles. The summed E-state index contributed by atoms with van der Waals surface area (Å²) in [5.74, 6) is -0.0229. The fourth-order valence-corrected chi connectivity index (χ4v) is 4.52. The molecule has 0 unspecified atom stereocenters. The lowest BCUT2D eigenvalue weighted by atomic mass is 10.1. The minimum absolute atomic E-state index is 0.0292. The van der Waals surface area contributed by atoms with E-state index in [1.807, 2.05) is 18.2 Å². The van der Waals surface area contributed by atoms with Crippen molar-refractivity contribution in [1.82, 2.24) is 9.13 Å². The molecular weight excluding hydrogens is 513 g/mol. The third-order valence-electron chi connectivity index (χ3n) is 6.55. The Kier molecular flexibility index (Phi) is 7.46. The van der Waals surface area contributed by atoms with Crippen LogP contribution in [0.25, 0.3) is 10.9 Å². The van der Waals surface area contributed by atoms with Crippen molar-refractivity contribution in [3.63, 3.8) is 0 Å². The number of nitrogens with one attached hydrogen (secondary N) is 1. The fourth-order valence-electron chi connectivity index (χ4n) is 4.52. The maximum atomic E-state index is 13.9. The molecule has 8 nitrogen and oxygen atoms in total. The van der Waals surface area contributed by atoms with E-state index < -0.39 is 17.1 Å². The van der Waals surface area contributed by atoms with Crippen molar-refractivity contribution in [2.24, 2.45) is 0 Å². The summed E-state index contributed by atoms with van der Waals surface area (Å²) < 4.78 is 27.3. The molecule has 0 aliphatic heterocycles. The maximum Gasteiger partial charge on any atom is 0.332 e. The molecular formula is C31H26FN3O5. The molecule has 9 heteroatoms. The van der Waals surface area contributed by atoms with Crippen molar-refractivity contribution in [1.29, 1.82) is 0 Å². The van der Waals surface area contributed by atoms with E-state index in [1.165, 1.54) is 37.0 Å². The first-order valence-electron chi connectivity index (χ1n) is 12.5. The van der Waals surface area contributed by atoms with E-state index in [0.717, 1.165) is 4.57 Å². The van der Waals surface area contributed by atoms with E-state index in [0.29, 0.717) is 39.4 Å². The maximum absolute atomic E-state index is 13.9. The van der Waals surface area contributed by atoms with Crippen molar-refractivity contribution in [3.05, 3.63) is 134 Å². The first-order valence-corrected chi connectivity index (χ1v) is 12.5. The van der Waals surface area contributed by atoms with Crippen LogP contribution in [0.1, 0.15) is 21.5 Å². The van der Waals surface area contributed by atoms with Gasteiger partial charge in [0.25, 0.3) is 11.5 Å². The highest BCUT2D eigenvalue weighted by Gasteiger charge is 2.18. The van der Waals surface area contributed by atoms with Crippen LogP contribution in [0.5, 0.6) is 11.5 Å². The highest BCUT2D eigenvalue weighted by atomic mass is 19.1. The number of hydrogen-bond donors (Lipinski definition) is 1. The minimum atomic E-state index is -0.570. The Morgan fingerprint density at radius 2 is 1.45 bits per heavy atom. The third kappa shape index (κ3) is 5.35. The molecule has 40 heavy (non-hydrogen) atoms. The van der Waals surface area contributed by atoms with Crippen LogP contribution in [-0.4, -0.2) is 29.3 Å². The number of anilines is 1. The van der Waals surface area contributed by atoms with E-state index in [1.54, 1.807) is 54.6 Å². The van der Waals surface area contributed by atoms with Gasteiger partial charge < -0.3 is 14.8 Å². The van der Waals surface area contributed by atoms with Gasteiger partial charge in [-0.25, -0.2) is 9.18 Å². The second-order valence-corrected chi connectivity index (χ2v) is 9.13. The van der Waals surface area contributed by atoms with E-state index >= 15 is 0 Å². The molecule has 4 aromatic carbocycles. The smallest absolute Gasteiger partial charge is 0.332 e. The molecule has 1 amide bonds. The van der Waals surface area contributed by atoms with E-state index in [2.05, 4.69) is 5.32 Å². The number of halogens is 1. The van der Waals surface area contributed by atoms with Gasteiger partial charge in [-0.1, -0.05) is 42.5 Å². The Bertz CT molecular complexity index is 1810. The quantitative estimate of drug-likeness (QED) is 0.310. The Hall–Kier alpha value is -5.18. The van der Waals surface area contributed by atoms with Crippen LogP contribution in [0.4, 0.5) is 10.1 Å². The summed E-state index contributed by atoms with van der Waals surface area (Å²) in [5, 5.41) is 3.07. The lowest BCUT2D eigenvalue weighted by Gasteiger charge is -2.17. The van der Waals surface area contributed by atoms with Gasteiger partial charge in [-0.3, -0.25) is 18.7 Å². The monoisotopic (exact) mass is 539 g/mol. The Morgan fingerprint density at radius 3 is 2.12 bits per heavy atom. The molecule has 0 saturated carbocycles. The van der Waals surface area contributed by atoms with Crippen molar-refractivity contribution in [2.45, 2.75) is 13.1 Å². The topological polar surface area (TPSA) is 91.6 Å². The number of nitrogens with zero attached hydrogens (tertiary/aromatic N) is 2. The lowest BCUT2D eigenvalue weighted by molar-refractivity contribution is 0.102. The van der Waals surface area contributed by atoms with E-state index in [-0.39, 0.29) is 24.4 Å². The molecule has 1 aromatic heterocycles. The summed E-state index contributed by atoms with van der Waals surface area (Å²) in [6.45, 7) is -0.00681. The standard InChI is InChI=1S/C31H26FN3O5/c1-39-27-16-25-26(17-28(27)40-2)34(19-21-7-6-8-23(32)15-21)31(38)35(30(25)37)18-20-11-13-22(14-12-20)29(36)33-24-9-4-3-5-10-24/h3-17H,18-19H2,1-2H3,(H,33,36). The van der Waals surface area contributed by atoms with Gasteiger partial charge in [-0.15, -0.1) is 0 Å². The molecule has 5 rings (SSSR count). The van der Waals surface area contributed by atoms with Crippen LogP contribution >= 0.6 is 0 Å². The Labute approximate surface area is 228 Å². The van der Waals surface area contributed by atoms with Crippen LogP contribution in [0, 0.1) is 5.82 Å². The number of carbonyl (C=O) groups is 1. The van der Waals surface area contributed by atoms with Gasteiger partial charge in [-0.2, -0.15) is 0 Å². The summed E-state index contributed by atoms with van der Waals surface area (Å²) in [4.78, 5) is 39.9. The van der Waals surface area contributed by atoms with E-state index in [9.17, 15) is 18.8 Å². The third-order valence-corrected chi connectivity index (χ3v) is 6.55. The summed E-state index contributed by atoms with van der Waals surface area (Å²) >= 11 is 0. The largest absolute Gasteiger partial charge is 0.493 e. The van der Waals surface area contributed by atoms with Crippen molar-refractivity contribution >= 4 is 22.5 Å². The molecule has 0 spiro atoms. The van der Waals surface area contributed by atoms with Gasteiger partial charge in [0.15, 0.2) is 11.5 Å². The highest BCUT2D eigenvalue weighted by Crippen LogP contribution is 2.30. The predicted molar refractivity (Wildman–Crippen MR) is 151 cm³/mol. The number of carbonyl (C=O) groups excluding carboxylic acids is 1. The average Bonchev–Trinajstić information content (AvgIpc) is 2.97. The molecule has 0 aliphatic rings. The average molecular weight is 540 g/mol. The van der Waals surface area contributed by atoms with Gasteiger partial charge >= 0.3 is 5.69 Å². The summed E-state index contributed by atoms with van der Waals surface area (Å²) in [7, 11) is 2.92. The Balaban J connectivity index is 1.55. The normalized spacial score (nSPS) is 10.9. The molecule has 0 atom stereocenters. The first kappa shape index (κ1) is 26.4. The van der Waals surface area contributed by atoms with E-state index in [4.69, 9.17) is 9.47 Å². The number of rotatable bonds is 8. The van der Waals surface area contributed by atoms with Crippen LogP contribution in [0.3, 0.4) is 0 Å². The van der Waals surface area contributed by atoms with Crippen LogP contribution < -0.4 is 26.0 Å². The summed E-state index contributed by atoms with van der Waals surface area (Å²) in [6, 6.07) is 24.8. The molecule has 202 valence electrons.